The van der Waals surface area contributed by atoms with Crippen LogP contribution in [0.5, 0.6) is 0 Å². The molecule has 0 aromatic carbocycles. The van der Waals surface area contributed by atoms with Crippen LogP contribution in [0.25, 0.3) is 0 Å². The third-order valence-electron chi connectivity index (χ3n) is 5.11. The Morgan fingerprint density at radius 2 is 1.88 bits per heavy atom. The van der Waals surface area contributed by atoms with Gasteiger partial charge in [0.2, 0.25) is 0 Å². The smallest absolute Gasteiger partial charge is 0.269 e. The van der Waals surface area contributed by atoms with Gasteiger partial charge in [-0.05, 0) is 37.8 Å². The molecule has 0 aliphatic carbocycles. The molecule has 0 spiro atoms. The van der Waals surface area contributed by atoms with Gasteiger partial charge in [0.15, 0.2) is 0 Å². The summed E-state index contributed by atoms with van der Waals surface area (Å²) in [5.74, 6) is 0.771. The minimum absolute atomic E-state index is 0.0446. The number of hydrogen-bond donors (Lipinski definition) is 0. The summed E-state index contributed by atoms with van der Waals surface area (Å²) in [6.07, 6.45) is 8.54. The summed E-state index contributed by atoms with van der Waals surface area (Å²) >= 11 is 0. The van der Waals surface area contributed by atoms with Gasteiger partial charge in [-0.1, -0.05) is 13.8 Å². The second-order valence-corrected chi connectivity index (χ2v) is 7.35. The van der Waals surface area contributed by atoms with Crippen LogP contribution in [-0.4, -0.2) is 43.6 Å². The molecule has 0 bridgehead atoms. The van der Waals surface area contributed by atoms with Gasteiger partial charge in [0.1, 0.15) is 0 Å². The molecule has 1 aliphatic heterocycles. The van der Waals surface area contributed by atoms with Crippen molar-refractivity contribution in [2.24, 2.45) is 5.92 Å². The number of hydrogen-bond acceptors (Lipinski definition) is 5. The average Bonchev–Trinajstić information content (AvgIpc) is 2.64. The predicted octanol–water partition coefficient (Wildman–Crippen LogP) is 1.34. The van der Waals surface area contributed by atoms with Crippen molar-refractivity contribution in [3.63, 3.8) is 0 Å². The lowest BCUT2D eigenvalue weighted by atomic mass is 9.96. The van der Waals surface area contributed by atoms with Crippen LogP contribution in [-0.2, 0) is 13.1 Å². The first-order valence-electron chi connectivity index (χ1n) is 9.32. The van der Waals surface area contributed by atoms with E-state index in [2.05, 4.69) is 14.9 Å². The minimum Gasteiger partial charge on any atom is -0.311 e. The van der Waals surface area contributed by atoms with Crippen LogP contribution in [0, 0.1) is 5.92 Å². The number of likely N-dealkylation sites (tertiary alicyclic amines) is 1. The molecule has 26 heavy (non-hydrogen) atoms. The highest BCUT2D eigenvalue weighted by Gasteiger charge is 2.20. The molecule has 1 saturated heterocycles. The van der Waals surface area contributed by atoms with E-state index >= 15 is 0 Å². The highest BCUT2D eigenvalue weighted by Crippen LogP contribution is 2.18. The van der Waals surface area contributed by atoms with Gasteiger partial charge in [-0.15, -0.1) is 0 Å². The fourth-order valence-corrected chi connectivity index (χ4v) is 3.37. The van der Waals surface area contributed by atoms with E-state index in [1.165, 1.54) is 6.20 Å². The van der Waals surface area contributed by atoms with Gasteiger partial charge in [0.05, 0.1) is 18.2 Å². The van der Waals surface area contributed by atoms with E-state index in [1.54, 1.807) is 33.9 Å². The molecule has 1 fully saturated rings. The fourth-order valence-electron chi connectivity index (χ4n) is 3.37. The largest absolute Gasteiger partial charge is 0.311 e. The Kier molecular flexibility index (Phi) is 5.98. The molecule has 0 radical (unpaired) electrons. The Morgan fingerprint density at radius 3 is 2.54 bits per heavy atom. The molecule has 3 rings (SSSR count). The highest BCUT2D eigenvalue weighted by atomic mass is 16.1. The van der Waals surface area contributed by atoms with Gasteiger partial charge < -0.3 is 9.47 Å². The van der Waals surface area contributed by atoms with Crippen molar-refractivity contribution < 1.29 is 0 Å². The van der Waals surface area contributed by atoms with Crippen LogP contribution >= 0.6 is 0 Å². The molecule has 2 aromatic heterocycles. The van der Waals surface area contributed by atoms with E-state index in [9.17, 15) is 9.59 Å². The van der Waals surface area contributed by atoms with Crippen molar-refractivity contribution >= 4 is 0 Å². The Bertz CT molecular complexity index is 834. The summed E-state index contributed by atoms with van der Waals surface area (Å²) in [6.45, 7) is 8.37. The maximum Gasteiger partial charge on any atom is 0.269 e. The summed E-state index contributed by atoms with van der Waals surface area (Å²) in [4.78, 5) is 34.6. The van der Waals surface area contributed by atoms with Crippen LogP contribution in [0.1, 0.15) is 38.3 Å². The Hall–Kier alpha value is -2.28. The zero-order valence-electron chi connectivity index (χ0n) is 15.5. The highest BCUT2D eigenvalue weighted by molar-refractivity contribution is 5.04. The molecule has 140 valence electrons. The lowest BCUT2D eigenvalue weighted by Gasteiger charge is -2.32. The summed E-state index contributed by atoms with van der Waals surface area (Å²) in [6, 6.07) is 1.66. The Labute approximate surface area is 153 Å². The third kappa shape index (κ3) is 4.66. The van der Waals surface area contributed by atoms with E-state index in [0.717, 1.165) is 44.7 Å². The number of nitrogens with zero attached hydrogens (tertiary/aromatic N) is 5. The van der Waals surface area contributed by atoms with Crippen molar-refractivity contribution in [3.8, 4) is 0 Å². The van der Waals surface area contributed by atoms with Crippen molar-refractivity contribution in [1.29, 1.82) is 0 Å². The van der Waals surface area contributed by atoms with Gasteiger partial charge in [0.25, 0.3) is 11.1 Å². The topological polar surface area (TPSA) is 73.0 Å². The van der Waals surface area contributed by atoms with Crippen molar-refractivity contribution in [3.05, 3.63) is 57.4 Å². The summed E-state index contributed by atoms with van der Waals surface area (Å²) in [5, 5.41) is 0. The molecule has 2 aromatic rings. The molecule has 0 atom stereocenters. The van der Waals surface area contributed by atoms with Crippen molar-refractivity contribution in [1.82, 2.24) is 24.0 Å². The van der Waals surface area contributed by atoms with Crippen LogP contribution in [0.2, 0.25) is 0 Å². The summed E-state index contributed by atoms with van der Waals surface area (Å²) in [7, 11) is 0. The zero-order chi connectivity index (χ0) is 18.5. The van der Waals surface area contributed by atoms with Crippen molar-refractivity contribution in [2.45, 2.75) is 45.7 Å². The lowest BCUT2D eigenvalue weighted by molar-refractivity contribution is 0.167. The second-order valence-electron chi connectivity index (χ2n) is 7.35. The van der Waals surface area contributed by atoms with E-state index < -0.39 is 0 Å². The number of piperidine rings is 1. The van der Waals surface area contributed by atoms with Crippen LogP contribution in [0.4, 0.5) is 0 Å². The molecule has 3 heterocycles. The predicted molar refractivity (Wildman–Crippen MR) is 100 cm³/mol. The summed E-state index contributed by atoms with van der Waals surface area (Å²) < 4.78 is 3.43. The number of rotatable bonds is 6. The first-order valence-corrected chi connectivity index (χ1v) is 9.32. The Balaban J connectivity index is 1.49. The normalized spacial score (nSPS) is 16.3. The molecule has 7 heteroatoms. The van der Waals surface area contributed by atoms with Gasteiger partial charge in [-0.3, -0.25) is 19.1 Å². The molecular weight excluding hydrogens is 330 g/mol. The maximum atomic E-state index is 12.2. The zero-order valence-corrected chi connectivity index (χ0v) is 15.5. The average molecular weight is 357 g/mol. The number of aromatic nitrogens is 4. The minimum atomic E-state index is -0.0564. The summed E-state index contributed by atoms with van der Waals surface area (Å²) in [5.41, 5.74) is 0.842. The second kappa shape index (κ2) is 8.40. The SMILES string of the molecule is CC(C)c1cc(=O)n(CC2CCN(CCn3ccncc3=O)CC2)cn1. The monoisotopic (exact) mass is 357 g/mol. The Morgan fingerprint density at radius 1 is 1.12 bits per heavy atom. The van der Waals surface area contributed by atoms with Gasteiger partial charge in [-0.25, -0.2) is 4.98 Å². The van der Waals surface area contributed by atoms with E-state index in [-0.39, 0.29) is 17.0 Å². The van der Waals surface area contributed by atoms with Crippen LogP contribution in [0.15, 0.2) is 40.6 Å². The van der Waals surface area contributed by atoms with E-state index in [1.807, 2.05) is 13.8 Å². The third-order valence-corrected chi connectivity index (χ3v) is 5.11. The molecule has 0 N–H and O–H groups in total. The quantitative estimate of drug-likeness (QED) is 0.780. The first kappa shape index (κ1) is 18.5. The van der Waals surface area contributed by atoms with Gasteiger partial charge in [0, 0.05) is 38.1 Å². The van der Waals surface area contributed by atoms with Crippen LogP contribution < -0.4 is 11.1 Å². The molecule has 1 aliphatic rings. The standard InChI is InChI=1S/C19H27N5O2/c1-15(2)17-11-18(25)24(14-21-17)13-16-3-6-22(7-4-16)9-10-23-8-5-20-12-19(23)26/h5,8,11-12,14-16H,3-4,6-7,9-10,13H2,1-2H3. The van der Waals surface area contributed by atoms with E-state index in [0.29, 0.717) is 12.5 Å². The first-order chi connectivity index (χ1) is 12.5. The fraction of sp³-hybridized carbons (Fsp3) is 0.579. The van der Waals surface area contributed by atoms with Gasteiger partial charge >= 0.3 is 0 Å². The van der Waals surface area contributed by atoms with Gasteiger partial charge in [-0.2, -0.15) is 0 Å². The molecule has 0 saturated carbocycles. The molecule has 0 amide bonds. The van der Waals surface area contributed by atoms with Crippen molar-refractivity contribution in [2.75, 3.05) is 19.6 Å². The molecule has 0 unspecified atom stereocenters. The van der Waals surface area contributed by atoms with E-state index in [4.69, 9.17) is 0 Å². The molecule has 7 nitrogen and oxygen atoms in total. The van der Waals surface area contributed by atoms with Crippen LogP contribution in [0.3, 0.4) is 0 Å². The lowest BCUT2D eigenvalue weighted by Crippen LogP contribution is -2.38. The maximum absolute atomic E-state index is 12.2. The molecular formula is C19H27N5O2.